The Morgan fingerprint density at radius 3 is 1.80 bits per heavy atom. The van der Waals surface area contributed by atoms with Crippen molar-refractivity contribution < 1.29 is 0 Å². The maximum absolute atomic E-state index is 2.52. The van der Waals surface area contributed by atoms with Gasteiger partial charge in [0.05, 0.1) is 8.16 Å². The first-order valence-electron chi connectivity index (χ1n) is 24.3. The Bertz CT molecular complexity index is 1360. The summed E-state index contributed by atoms with van der Waals surface area (Å²) in [4.78, 5) is 9.99. The normalized spacial score (nSPS) is 23.1. The summed E-state index contributed by atoms with van der Waals surface area (Å²) in [6.45, 7) is 29.3. The summed E-state index contributed by atoms with van der Waals surface area (Å²) in [5, 5.41) is 1.87. The molecule has 4 atom stereocenters. The molecule has 0 heterocycles. The van der Waals surface area contributed by atoms with Crippen LogP contribution in [-0.2, 0) is 0 Å². The molecule has 2 saturated carbocycles. The smallest absolute Gasteiger partial charge is 0.109 e. The molecule has 0 nitrogen and oxygen atoms in total. The summed E-state index contributed by atoms with van der Waals surface area (Å²) in [5.41, 5.74) is 0. The number of hydrogen-bond donors (Lipinski definition) is 0. The minimum absolute atomic E-state index is 0.0307. The molecule has 3 rings (SSSR count). The topological polar surface area (TPSA) is 0 Å². The van der Waals surface area contributed by atoms with Crippen molar-refractivity contribution in [1.29, 1.82) is 0 Å². The highest BCUT2D eigenvalue weighted by atomic mass is 33.1. The van der Waals surface area contributed by atoms with Crippen LogP contribution in [0.5, 0.6) is 0 Å². The Labute approximate surface area is 430 Å². The molecule has 0 spiro atoms. The van der Waals surface area contributed by atoms with Crippen molar-refractivity contribution >= 4 is 139 Å². The monoisotopic (exact) mass is 1060 g/mol. The van der Waals surface area contributed by atoms with Crippen molar-refractivity contribution in [2.75, 3.05) is 35.0 Å². The Hall–Kier alpha value is 3.42. The molecule has 4 unspecified atom stereocenters. The van der Waals surface area contributed by atoms with E-state index in [1.807, 2.05) is 0 Å². The largest absolute Gasteiger partial charge is 0.145 e. The van der Waals surface area contributed by atoms with Crippen LogP contribution in [0.2, 0.25) is 0 Å². The summed E-state index contributed by atoms with van der Waals surface area (Å²) < 4.78 is 0.377. The van der Waals surface area contributed by atoms with Gasteiger partial charge in [-0.15, -0.1) is 118 Å². The second-order valence-corrected chi connectivity index (χ2v) is 35.2. The molecule has 0 bridgehead atoms. The van der Waals surface area contributed by atoms with Crippen molar-refractivity contribution in [1.82, 2.24) is 0 Å². The maximum atomic E-state index is 2.52. The van der Waals surface area contributed by atoms with Gasteiger partial charge in [0.1, 0.15) is 4.08 Å². The van der Waals surface area contributed by atoms with Crippen molar-refractivity contribution in [3.8, 4) is 0 Å². The van der Waals surface area contributed by atoms with Crippen molar-refractivity contribution in [3.05, 3.63) is 0 Å². The van der Waals surface area contributed by atoms with Gasteiger partial charge in [-0.1, -0.05) is 156 Å². The lowest BCUT2D eigenvalue weighted by Gasteiger charge is -2.62. The van der Waals surface area contributed by atoms with Crippen LogP contribution in [0, 0.1) is 0 Å². The quantitative estimate of drug-likeness (QED) is 0.0292. The average molecular weight is 1060 g/mol. The van der Waals surface area contributed by atoms with Crippen LogP contribution >= 0.6 is 139 Å². The molecule has 0 aliphatic heterocycles. The highest BCUT2D eigenvalue weighted by molar-refractivity contribution is 8.77. The summed E-state index contributed by atoms with van der Waals surface area (Å²) in [7, 11) is 4.30. The van der Waals surface area contributed by atoms with Crippen LogP contribution in [0.4, 0.5) is 0 Å². The fourth-order valence-electron chi connectivity index (χ4n) is 7.86. The van der Waals surface area contributed by atoms with E-state index in [-0.39, 0.29) is 17.0 Å². The summed E-state index contributed by atoms with van der Waals surface area (Å²) in [6.07, 6.45) is 26.2. The van der Waals surface area contributed by atoms with Gasteiger partial charge in [-0.05, 0) is 99.2 Å². The van der Waals surface area contributed by atoms with E-state index < -0.39 is 0 Å². The summed E-state index contributed by atoms with van der Waals surface area (Å²) in [6, 6.07) is 0. The van der Waals surface area contributed by atoms with E-state index in [4.69, 9.17) is 0 Å². The molecule has 0 saturated heterocycles. The standard InChI is InChI=1S/C49H88S12/c1-14-20-23-27-35-52-41-42(57-39-29-24-25-30-39)40(51-34-26-21-15-2)43(56-38(9)18-5)45(60-61-46(10,11)12)44(41)59-48(54-36-22-16-3)32-28-31-47(50-13,53-19-6)49(48,55-33-17-4)58-37(7)8/h37-39H,14-36H2,1-13H3. The van der Waals surface area contributed by atoms with Gasteiger partial charge in [-0.25, -0.2) is 0 Å². The van der Waals surface area contributed by atoms with Crippen LogP contribution in [0.3, 0.4) is 0 Å². The maximum Gasteiger partial charge on any atom is 0.109 e. The van der Waals surface area contributed by atoms with Gasteiger partial charge < -0.3 is 0 Å². The lowest BCUT2D eigenvalue weighted by molar-refractivity contribution is 0.463. The highest BCUT2D eigenvalue weighted by Crippen LogP contribution is 2.76. The van der Waals surface area contributed by atoms with Crippen LogP contribution in [0.25, 0.3) is 0 Å². The first-order chi connectivity index (χ1) is 29.3. The molecule has 2 aliphatic carbocycles. The van der Waals surface area contributed by atoms with Crippen LogP contribution in [-0.4, -0.2) is 67.8 Å². The van der Waals surface area contributed by atoms with Crippen molar-refractivity contribution in [3.63, 3.8) is 0 Å². The van der Waals surface area contributed by atoms with Crippen LogP contribution in [0.1, 0.15) is 199 Å². The zero-order valence-corrected chi connectivity index (χ0v) is 50.7. The van der Waals surface area contributed by atoms with Gasteiger partial charge in [-0.3, -0.25) is 0 Å². The van der Waals surface area contributed by atoms with E-state index in [9.17, 15) is 0 Å². The SMILES string of the molecule is CCCCCCSc1c(SC2CCCC2)c(SCCCCC)c(SC(C)CC)c(SSC(C)(C)C)c1SC1(SCCCC)CCCC(SC)(SCC)C1(SCCC)SC(C)C. The zero-order valence-electron chi connectivity index (χ0n) is 40.9. The second kappa shape index (κ2) is 30.9. The van der Waals surface area contributed by atoms with E-state index in [0.29, 0.717) is 10.5 Å². The van der Waals surface area contributed by atoms with Gasteiger partial charge in [0, 0.05) is 49.9 Å². The number of thioether (sulfide) groups is 10. The Morgan fingerprint density at radius 2 is 1.23 bits per heavy atom. The fraction of sp³-hybridized carbons (Fsp3) is 0.878. The predicted octanol–water partition coefficient (Wildman–Crippen LogP) is 21.4. The third kappa shape index (κ3) is 17.4. The first-order valence-corrected chi connectivity index (χ1v) is 36.0. The molecular formula is C49H88S12. The Kier molecular flexibility index (Phi) is 29.8. The van der Waals surface area contributed by atoms with Gasteiger partial charge in [0.15, 0.2) is 0 Å². The van der Waals surface area contributed by atoms with E-state index in [0.717, 1.165) is 5.25 Å². The average Bonchev–Trinajstić information content (AvgIpc) is 3.74. The minimum atomic E-state index is 0.0307. The van der Waals surface area contributed by atoms with Crippen LogP contribution < -0.4 is 0 Å². The molecule has 0 radical (unpaired) electrons. The van der Waals surface area contributed by atoms with Gasteiger partial charge in [0.25, 0.3) is 0 Å². The third-order valence-corrected chi connectivity index (χ3v) is 32.2. The lowest BCUT2D eigenvalue weighted by Crippen LogP contribution is -2.61. The summed E-state index contributed by atoms with van der Waals surface area (Å²) in [5.74, 6) is 6.12. The molecule has 12 heteroatoms. The van der Waals surface area contributed by atoms with Gasteiger partial charge >= 0.3 is 0 Å². The Morgan fingerprint density at radius 1 is 0.607 bits per heavy atom. The number of hydrogen-bond acceptors (Lipinski definition) is 12. The molecule has 356 valence electrons. The number of unbranched alkanes of at least 4 members (excludes halogenated alkanes) is 6. The van der Waals surface area contributed by atoms with Crippen molar-refractivity contribution in [2.24, 2.45) is 0 Å². The molecular weight excluding hydrogens is 973 g/mol. The van der Waals surface area contributed by atoms with E-state index in [1.54, 1.807) is 29.4 Å². The number of rotatable bonds is 32. The lowest BCUT2D eigenvalue weighted by atomic mass is 9.96. The molecule has 0 aromatic heterocycles. The molecule has 1 aromatic carbocycles. The molecule has 0 N–H and O–H groups in total. The van der Waals surface area contributed by atoms with Crippen LogP contribution in [0.15, 0.2) is 29.4 Å². The predicted molar refractivity (Wildman–Crippen MR) is 311 cm³/mol. The fourth-order valence-corrected chi connectivity index (χ4v) is 29.5. The second-order valence-electron chi connectivity index (χ2n) is 18.0. The van der Waals surface area contributed by atoms with E-state index in [1.165, 1.54) is 144 Å². The van der Waals surface area contributed by atoms with Gasteiger partial charge in [0.2, 0.25) is 0 Å². The highest BCUT2D eigenvalue weighted by Gasteiger charge is 2.67. The molecule has 61 heavy (non-hydrogen) atoms. The zero-order chi connectivity index (χ0) is 44.9. The van der Waals surface area contributed by atoms with Crippen molar-refractivity contribution in [2.45, 2.75) is 261 Å². The van der Waals surface area contributed by atoms with E-state index in [2.05, 4.69) is 229 Å². The molecule has 2 aliphatic rings. The Balaban J connectivity index is 2.63. The molecule has 0 amide bonds. The molecule has 1 aromatic rings. The number of benzene rings is 1. The minimum Gasteiger partial charge on any atom is -0.145 e. The third-order valence-electron chi connectivity index (χ3n) is 11.1. The first kappa shape index (κ1) is 58.7. The van der Waals surface area contributed by atoms with E-state index >= 15 is 0 Å². The van der Waals surface area contributed by atoms with Gasteiger partial charge in [-0.2, -0.15) is 0 Å². The molecule has 2 fully saturated rings. The summed E-state index contributed by atoms with van der Waals surface area (Å²) >= 11 is 23.3.